The Morgan fingerprint density at radius 3 is 2.82 bits per heavy atom. The van der Waals surface area contributed by atoms with E-state index in [1.165, 1.54) is 6.42 Å². The number of carbonyl (C=O) groups is 1. The number of nitrogens with zero attached hydrogens (tertiary/aromatic N) is 2. The quantitative estimate of drug-likeness (QED) is 0.754. The van der Waals surface area contributed by atoms with Gasteiger partial charge in [0.15, 0.2) is 0 Å². The lowest BCUT2D eigenvalue weighted by Gasteiger charge is -2.21. The van der Waals surface area contributed by atoms with E-state index in [-0.39, 0.29) is 5.91 Å². The SMILES string of the molecule is N#CCCN(C(=O)CCC1CCNC1)C1CC1. The lowest BCUT2D eigenvalue weighted by atomic mass is 10.0. The fraction of sp³-hybridized carbons (Fsp3) is 0.846. The predicted molar refractivity (Wildman–Crippen MR) is 65.2 cm³/mol. The molecule has 4 nitrogen and oxygen atoms in total. The Kier molecular flexibility index (Phi) is 4.38. The molecule has 1 aliphatic carbocycles. The third-order valence-corrected chi connectivity index (χ3v) is 3.70. The second kappa shape index (κ2) is 6.02. The molecule has 0 radical (unpaired) electrons. The lowest BCUT2D eigenvalue weighted by molar-refractivity contribution is -0.132. The third kappa shape index (κ3) is 3.71. The Hall–Kier alpha value is -1.08. The molecule has 1 heterocycles. The normalized spacial score (nSPS) is 23.4. The van der Waals surface area contributed by atoms with Crippen molar-refractivity contribution in [1.29, 1.82) is 5.26 Å². The summed E-state index contributed by atoms with van der Waals surface area (Å²) in [6, 6.07) is 2.57. The lowest BCUT2D eigenvalue weighted by Crippen LogP contribution is -2.34. The Morgan fingerprint density at radius 2 is 2.24 bits per heavy atom. The van der Waals surface area contributed by atoms with Crippen LogP contribution < -0.4 is 5.32 Å². The molecule has 0 spiro atoms. The first kappa shape index (κ1) is 12.4. The van der Waals surface area contributed by atoms with Crippen molar-refractivity contribution in [2.24, 2.45) is 5.92 Å². The molecule has 0 aromatic rings. The fourth-order valence-corrected chi connectivity index (χ4v) is 2.50. The second-order valence-electron chi connectivity index (χ2n) is 5.12. The Morgan fingerprint density at radius 1 is 1.41 bits per heavy atom. The summed E-state index contributed by atoms with van der Waals surface area (Å²) in [6.45, 7) is 2.79. The van der Waals surface area contributed by atoms with Crippen LogP contribution in [0.3, 0.4) is 0 Å². The minimum Gasteiger partial charge on any atom is -0.339 e. The zero-order chi connectivity index (χ0) is 12.1. The van der Waals surface area contributed by atoms with Gasteiger partial charge in [0.05, 0.1) is 12.5 Å². The number of carbonyl (C=O) groups excluding carboxylic acids is 1. The van der Waals surface area contributed by atoms with E-state index in [0.717, 1.165) is 32.4 Å². The summed E-state index contributed by atoms with van der Waals surface area (Å²) in [7, 11) is 0. The Balaban J connectivity index is 1.73. The average Bonchev–Trinajstić information content (AvgIpc) is 3.03. The maximum atomic E-state index is 12.1. The summed E-state index contributed by atoms with van der Waals surface area (Å²) < 4.78 is 0. The summed E-state index contributed by atoms with van der Waals surface area (Å²) >= 11 is 0. The molecule has 1 saturated heterocycles. The van der Waals surface area contributed by atoms with Gasteiger partial charge in [-0.15, -0.1) is 0 Å². The fourth-order valence-electron chi connectivity index (χ4n) is 2.50. The van der Waals surface area contributed by atoms with E-state index >= 15 is 0 Å². The molecule has 1 aliphatic heterocycles. The minimum atomic E-state index is 0.259. The van der Waals surface area contributed by atoms with Gasteiger partial charge in [-0.25, -0.2) is 0 Å². The number of amides is 1. The van der Waals surface area contributed by atoms with Crippen molar-refractivity contribution < 1.29 is 4.79 Å². The van der Waals surface area contributed by atoms with Gasteiger partial charge in [-0.05, 0) is 44.7 Å². The minimum absolute atomic E-state index is 0.259. The molecule has 0 aromatic heterocycles. The van der Waals surface area contributed by atoms with Crippen molar-refractivity contribution in [2.45, 2.75) is 44.6 Å². The van der Waals surface area contributed by atoms with Crippen molar-refractivity contribution in [3.8, 4) is 6.07 Å². The van der Waals surface area contributed by atoms with Crippen LogP contribution in [-0.4, -0.2) is 36.5 Å². The predicted octanol–water partition coefficient (Wildman–Crippen LogP) is 1.28. The molecule has 0 bridgehead atoms. The molecule has 4 heteroatoms. The van der Waals surface area contributed by atoms with Gasteiger partial charge in [-0.3, -0.25) is 4.79 Å². The third-order valence-electron chi connectivity index (χ3n) is 3.70. The van der Waals surface area contributed by atoms with Crippen LogP contribution in [0.4, 0.5) is 0 Å². The molecule has 1 atom stereocenters. The molecular weight excluding hydrogens is 214 g/mol. The van der Waals surface area contributed by atoms with E-state index in [1.807, 2.05) is 4.90 Å². The zero-order valence-electron chi connectivity index (χ0n) is 10.3. The van der Waals surface area contributed by atoms with Gasteiger partial charge >= 0.3 is 0 Å². The topological polar surface area (TPSA) is 56.1 Å². The van der Waals surface area contributed by atoms with Gasteiger partial charge in [-0.2, -0.15) is 5.26 Å². The van der Waals surface area contributed by atoms with E-state index in [9.17, 15) is 4.79 Å². The summed E-state index contributed by atoms with van der Waals surface area (Å²) in [5.74, 6) is 0.936. The highest BCUT2D eigenvalue weighted by Gasteiger charge is 2.32. The highest BCUT2D eigenvalue weighted by molar-refractivity contribution is 5.76. The number of nitrogens with one attached hydrogen (secondary N) is 1. The van der Waals surface area contributed by atoms with E-state index in [2.05, 4.69) is 11.4 Å². The van der Waals surface area contributed by atoms with Crippen LogP contribution in [0.15, 0.2) is 0 Å². The highest BCUT2D eigenvalue weighted by Crippen LogP contribution is 2.28. The van der Waals surface area contributed by atoms with Crippen molar-refractivity contribution >= 4 is 5.91 Å². The van der Waals surface area contributed by atoms with Crippen molar-refractivity contribution in [3.63, 3.8) is 0 Å². The number of rotatable bonds is 6. The summed E-state index contributed by atoms with van der Waals surface area (Å²) in [5, 5.41) is 11.9. The molecule has 2 rings (SSSR count). The molecule has 2 aliphatic rings. The molecular formula is C13H21N3O. The maximum absolute atomic E-state index is 12.1. The first-order valence-corrected chi connectivity index (χ1v) is 6.68. The van der Waals surface area contributed by atoms with Gasteiger partial charge in [0, 0.05) is 19.0 Å². The van der Waals surface area contributed by atoms with Crippen LogP contribution in [0, 0.1) is 17.2 Å². The van der Waals surface area contributed by atoms with Crippen LogP contribution in [0.25, 0.3) is 0 Å². The molecule has 17 heavy (non-hydrogen) atoms. The van der Waals surface area contributed by atoms with Crippen molar-refractivity contribution in [1.82, 2.24) is 10.2 Å². The van der Waals surface area contributed by atoms with E-state index in [4.69, 9.17) is 5.26 Å². The average molecular weight is 235 g/mol. The summed E-state index contributed by atoms with van der Waals surface area (Å²) in [4.78, 5) is 14.0. The largest absolute Gasteiger partial charge is 0.339 e. The Labute approximate surface area is 103 Å². The van der Waals surface area contributed by atoms with Gasteiger partial charge in [0.1, 0.15) is 0 Å². The summed E-state index contributed by atoms with van der Waals surface area (Å²) in [5.41, 5.74) is 0. The van der Waals surface area contributed by atoms with Crippen LogP contribution >= 0.6 is 0 Å². The van der Waals surface area contributed by atoms with Crippen molar-refractivity contribution in [2.75, 3.05) is 19.6 Å². The molecule has 1 amide bonds. The number of nitriles is 1. The zero-order valence-corrected chi connectivity index (χ0v) is 10.3. The molecule has 0 aromatic carbocycles. The van der Waals surface area contributed by atoms with E-state index in [1.54, 1.807) is 0 Å². The first-order chi connectivity index (χ1) is 8.31. The van der Waals surface area contributed by atoms with Crippen molar-refractivity contribution in [3.05, 3.63) is 0 Å². The van der Waals surface area contributed by atoms with E-state index in [0.29, 0.717) is 31.3 Å². The molecule has 1 N–H and O–H groups in total. The van der Waals surface area contributed by atoms with E-state index < -0.39 is 0 Å². The number of hydrogen-bond donors (Lipinski definition) is 1. The van der Waals surface area contributed by atoms with Crippen LogP contribution in [0.2, 0.25) is 0 Å². The Bertz CT molecular complexity index is 300. The number of hydrogen-bond acceptors (Lipinski definition) is 3. The van der Waals surface area contributed by atoms with Crippen LogP contribution in [0.1, 0.15) is 38.5 Å². The highest BCUT2D eigenvalue weighted by atomic mass is 16.2. The maximum Gasteiger partial charge on any atom is 0.222 e. The van der Waals surface area contributed by atoms with Crippen LogP contribution in [-0.2, 0) is 4.79 Å². The summed E-state index contributed by atoms with van der Waals surface area (Å²) in [6.07, 6.45) is 5.59. The van der Waals surface area contributed by atoms with Gasteiger partial charge in [0.2, 0.25) is 5.91 Å². The monoisotopic (exact) mass is 235 g/mol. The second-order valence-corrected chi connectivity index (χ2v) is 5.12. The molecule has 1 saturated carbocycles. The van der Waals surface area contributed by atoms with Crippen LogP contribution in [0.5, 0.6) is 0 Å². The standard InChI is InChI=1S/C13H21N3O/c14-7-1-9-16(12-3-4-12)13(17)5-2-11-6-8-15-10-11/h11-12,15H,1-6,8-10H2. The molecule has 1 unspecified atom stereocenters. The van der Waals surface area contributed by atoms with Gasteiger partial charge in [-0.1, -0.05) is 0 Å². The smallest absolute Gasteiger partial charge is 0.222 e. The van der Waals surface area contributed by atoms with Gasteiger partial charge < -0.3 is 10.2 Å². The van der Waals surface area contributed by atoms with Gasteiger partial charge in [0.25, 0.3) is 0 Å². The molecule has 94 valence electrons. The molecule has 2 fully saturated rings. The first-order valence-electron chi connectivity index (χ1n) is 6.68.